The number of rotatable bonds is 4. The van der Waals surface area contributed by atoms with Crippen molar-refractivity contribution in [1.82, 2.24) is 4.90 Å². The summed E-state index contributed by atoms with van der Waals surface area (Å²) < 4.78 is 24.8. The molecule has 2 fully saturated rings. The van der Waals surface area contributed by atoms with Crippen molar-refractivity contribution in [3.63, 3.8) is 0 Å². The minimum absolute atomic E-state index is 0.0166. The Morgan fingerprint density at radius 2 is 1.96 bits per heavy atom. The summed E-state index contributed by atoms with van der Waals surface area (Å²) in [5.41, 5.74) is -0.822. The van der Waals surface area contributed by atoms with Gasteiger partial charge in [-0.1, -0.05) is 15.9 Å². The highest BCUT2D eigenvalue weighted by molar-refractivity contribution is 9.10. The largest absolute Gasteiger partial charge is 0.456 e. The van der Waals surface area contributed by atoms with Gasteiger partial charge in [-0.25, -0.2) is 14.0 Å². The van der Waals surface area contributed by atoms with Crippen LogP contribution >= 0.6 is 15.9 Å². The average molecular weight is 442 g/mol. The van der Waals surface area contributed by atoms with E-state index in [0.717, 1.165) is 6.42 Å². The van der Waals surface area contributed by atoms with Gasteiger partial charge in [-0.15, -0.1) is 0 Å². The molecule has 0 N–H and O–H groups in total. The third-order valence-electron chi connectivity index (χ3n) is 4.56. The predicted molar refractivity (Wildman–Crippen MR) is 97.8 cm³/mol. The van der Waals surface area contributed by atoms with E-state index in [9.17, 15) is 18.8 Å². The van der Waals surface area contributed by atoms with E-state index in [1.54, 1.807) is 20.8 Å². The summed E-state index contributed by atoms with van der Waals surface area (Å²) in [6.07, 6.45) is 0.773. The Morgan fingerprint density at radius 1 is 1.26 bits per heavy atom. The highest BCUT2D eigenvalue weighted by atomic mass is 79.9. The van der Waals surface area contributed by atoms with Gasteiger partial charge in [-0.3, -0.25) is 9.69 Å². The number of carbonyl (C=O) groups excluding carboxylic acids is 3. The number of halogens is 2. The van der Waals surface area contributed by atoms with Crippen LogP contribution in [0.2, 0.25) is 0 Å². The molecule has 8 heteroatoms. The fourth-order valence-electron chi connectivity index (χ4n) is 3.27. The molecule has 1 aliphatic heterocycles. The summed E-state index contributed by atoms with van der Waals surface area (Å²) in [6, 6.07) is 3.24. The van der Waals surface area contributed by atoms with Gasteiger partial charge in [0.05, 0.1) is 5.56 Å². The summed E-state index contributed by atoms with van der Waals surface area (Å²) in [7, 11) is 0. The molecule has 3 unspecified atom stereocenters. The number of likely N-dealkylation sites (tertiary alicyclic amines) is 1. The summed E-state index contributed by atoms with van der Waals surface area (Å²) in [6.45, 7) is 4.68. The van der Waals surface area contributed by atoms with Gasteiger partial charge < -0.3 is 9.47 Å². The van der Waals surface area contributed by atoms with Crippen LogP contribution in [-0.2, 0) is 14.3 Å². The zero-order chi connectivity index (χ0) is 19.9. The van der Waals surface area contributed by atoms with Crippen LogP contribution in [0.15, 0.2) is 22.7 Å². The molecule has 0 radical (unpaired) electrons. The number of nitrogens with zero attached hydrogens (tertiary/aromatic N) is 1. The van der Waals surface area contributed by atoms with E-state index < -0.39 is 41.9 Å². The smallest absolute Gasteiger partial charge is 0.411 e. The zero-order valence-electron chi connectivity index (χ0n) is 15.3. The lowest BCUT2D eigenvalue weighted by Crippen LogP contribution is -2.46. The third-order valence-corrected chi connectivity index (χ3v) is 5.05. The van der Waals surface area contributed by atoms with Crippen molar-refractivity contribution < 1.29 is 28.2 Å². The van der Waals surface area contributed by atoms with Crippen LogP contribution in [0, 0.1) is 11.7 Å². The minimum Gasteiger partial charge on any atom is -0.456 e. The Labute approximate surface area is 165 Å². The van der Waals surface area contributed by atoms with Gasteiger partial charge in [0.25, 0.3) is 0 Å². The van der Waals surface area contributed by atoms with Gasteiger partial charge in [-0.05, 0) is 57.7 Å². The monoisotopic (exact) mass is 441 g/mol. The second-order valence-corrected chi connectivity index (χ2v) is 8.77. The molecule has 0 spiro atoms. The lowest BCUT2D eigenvalue weighted by atomic mass is 10.1. The summed E-state index contributed by atoms with van der Waals surface area (Å²) in [4.78, 5) is 38.4. The topological polar surface area (TPSA) is 72.9 Å². The molecule has 1 aromatic rings. The first kappa shape index (κ1) is 19.8. The first-order valence-electron chi connectivity index (χ1n) is 8.73. The van der Waals surface area contributed by atoms with Crippen LogP contribution < -0.4 is 0 Å². The summed E-state index contributed by atoms with van der Waals surface area (Å²) >= 11 is 3.12. The Balaban J connectivity index is 1.61. The number of benzene rings is 1. The Kier molecular flexibility index (Phi) is 5.29. The van der Waals surface area contributed by atoms with Crippen molar-refractivity contribution in [3.05, 3.63) is 34.1 Å². The van der Waals surface area contributed by atoms with Gasteiger partial charge in [0, 0.05) is 10.5 Å². The normalized spacial score (nSPS) is 23.6. The van der Waals surface area contributed by atoms with E-state index >= 15 is 0 Å². The lowest BCUT2D eigenvalue weighted by Gasteiger charge is -2.29. The van der Waals surface area contributed by atoms with Crippen LogP contribution in [-0.4, -0.2) is 47.0 Å². The molecule has 6 nitrogen and oxygen atoms in total. The molecule has 0 aromatic heterocycles. The van der Waals surface area contributed by atoms with Crippen LogP contribution in [0.4, 0.5) is 9.18 Å². The van der Waals surface area contributed by atoms with E-state index in [1.165, 1.54) is 23.1 Å². The van der Waals surface area contributed by atoms with Crippen molar-refractivity contribution in [2.24, 2.45) is 5.92 Å². The molecule has 3 atom stereocenters. The fourth-order valence-corrected chi connectivity index (χ4v) is 3.60. The number of piperidine rings is 1. The van der Waals surface area contributed by atoms with Crippen molar-refractivity contribution in [2.45, 2.75) is 51.3 Å². The standard InChI is InChI=1S/C19H21BrFNO5/c1-19(2,3)27-18(25)22-14-6-10(14)7-15(22)17(24)26-9-16(23)12-5-4-11(20)8-13(12)21/h4-5,8,10,14-15H,6-7,9H2,1-3H3. The van der Waals surface area contributed by atoms with Gasteiger partial charge in [-0.2, -0.15) is 0 Å². The molecule has 1 amide bonds. The molecule has 1 aliphatic carbocycles. The molecule has 2 aliphatic rings. The first-order valence-corrected chi connectivity index (χ1v) is 9.52. The average Bonchev–Trinajstić information content (AvgIpc) is 3.20. The quantitative estimate of drug-likeness (QED) is 0.525. The third kappa shape index (κ3) is 4.48. The van der Waals surface area contributed by atoms with Crippen molar-refractivity contribution >= 4 is 33.8 Å². The molecule has 27 heavy (non-hydrogen) atoms. The summed E-state index contributed by atoms with van der Waals surface area (Å²) in [5, 5.41) is 0. The number of ether oxygens (including phenoxy) is 2. The number of ketones is 1. The number of fused-ring (bicyclic) bond motifs is 1. The van der Waals surface area contributed by atoms with Gasteiger partial charge in [0.1, 0.15) is 17.5 Å². The van der Waals surface area contributed by atoms with E-state index in [2.05, 4.69) is 15.9 Å². The maximum atomic E-state index is 13.8. The van der Waals surface area contributed by atoms with Crippen molar-refractivity contribution in [2.75, 3.05) is 6.61 Å². The van der Waals surface area contributed by atoms with Crippen molar-refractivity contribution in [1.29, 1.82) is 0 Å². The number of Topliss-reactive ketones (excluding diaryl/α,β-unsaturated/α-hetero) is 1. The number of hydrogen-bond acceptors (Lipinski definition) is 5. The molecule has 1 aromatic carbocycles. The highest BCUT2D eigenvalue weighted by Gasteiger charge is 2.57. The molecule has 146 valence electrons. The van der Waals surface area contributed by atoms with Gasteiger partial charge in [0.2, 0.25) is 5.78 Å². The molecule has 1 saturated carbocycles. The highest BCUT2D eigenvalue weighted by Crippen LogP contribution is 2.48. The lowest BCUT2D eigenvalue weighted by molar-refractivity contribution is -0.148. The minimum atomic E-state index is -0.772. The molecule has 1 saturated heterocycles. The predicted octanol–water partition coefficient (Wildman–Crippen LogP) is 3.71. The van der Waals surface area contributed by atoms with E-state index in [1.807, 2.05) is 0 Å². The van der Waals surface area contributed by atoms with E-state index in [-0.39, 0.29) is 17.5 Å². The molecular formula is C19H21BrFNO5. The molecular weight excluding hydrogens is 421 g/mol. The SMILES string of the molecule is CC(C)(C)OC(=O)N1C(C(=O)OCC(=O)c2ccc(Br)cc2F)CC2CC21. The Morgan fingerprint density at radius 3 is 2.59 bits per heavy atom. The Bertz CT molecular complexity index is 791. The Hall–Kier alpha value is -1.96. The van der Waals surface area contributed by atoms with E-state index in [4.69, 9.17) is 9.47 Å². The van der Waals surface area contributed by atoms with Gasteiger partial charge >= 0.3 is 12.1 Å². The summed E-state index contributed by atoms with van der Waals surface area (Å²) in [5.74, 6) is -1.74. The molecule has 3 rings (SSSR count). The first-order chi connectivity index (χ1) is 12.6. The number of hydrogen-bond donors (Lipinski definition) is 0. The van der Waals surface area contributed by atoms with Crippen LogP contribution in [0.25, 0.3) is 0 Å². The number of esters is 1. The fraction of sp³-hybridized carbons (Fsp3) is 0.526. The molecule has 0 bridgehead atoms. The van der Waals surface area contributed by atoms with Crippen molar-refractivity contribution in [3.8, 4) is 0 Å². The second kappa shape index (κ2) is 7.22. The number of carbonyl (C=O) groups is 3. The maximum Gasteiger partial charge on any atom is 0.411 e. The number of amides is 1. The van der Waals surface area contributed by atoms with Crippen LogP contribution in [0.3, 0.4) is 0 Å². The van der Waals surface area contributed by atoms with E-state index in [0.29, 0.717) is 10.9 Å². The zero-order valence-corrected chi connectivity index (χ0v) is 16.9. The second-order valence-electron chi connectivity index (χ2n) is 7.86. The van der Waals surface area contributed by atoms with Crippen LogP contribution in [0.5, 0.6) is 0 Å². The molecule has 1 heterocycles. The van der Waals surface area contributed by atoms with Crippen LogP contribution in [0.1, 0.15) is 44.0 Å². The van der Waals surface area contributed by atoms with Gasteiger partial charge in [0.15, 0.2) is 6.61 Å². The maximum absolute atomic E-state index is 13.8.